The number of nitrogens with one attached hydrogen (secondary N) is 1. The van der Waals surface area contributed by atoms with E-state index in [9.17, 15) is 4.79 Å². The van der Waals surface area contributed by atoms with Gasteiger partial charge in [-0.05, 0) is 44.1 Å². The second-order valence-electron chi connectivity index (χ2n) is 5.64. The maximum absolute atomic E-state index is 12.0. The number of hydrogen-bond acceptors (Lipinski definition) is 4. The van der Waals surface area contributed by atoms with Crippen molar-refractivity contribution in [2.24, 2.45) is 0 Å². The summed E-state index contributed by atoms with van der Waals surface area (Å²) >= 11 is 0. The zero-order valence-corrected chi connectivity index (χ0v) is 12.6. The van der Waals surface area contributed by atoms with Crippen molar-refractivity contribution in [1.82, 2.24) is 20.0 Å². The van der Waals surface area contributed by atoms with Crippen LogP contribution in [0.25, 0.3) is 0 Å². The molecule has 3 rings (SSSR count). The highest BCUT2D eigenvalue weighted by molar-refractivity contribution is 5.75. The summed E-state index contributed by atoms with van der Waals surface area (Å²) in [6, 6.07) is 5.81. The molecule has 2 aromatic heterocycles. The number of piperidine rings is 1. The summed E-state index contributed by atoms with van der Waals surface area (Å²) in [6.45, 7) is 2.92. The molecule has 22 heavy (non-hydrogen) atoms. The maximum Gasteiger partial charge on any atom is 0.241 e. The van der Waals surface area contributed by atoms with E-state index < -0.39 is 0 Å². The SMILES string of the molecule is O=C(Cn1cccn1)NCC(c1ccco1)N1CCCCC1. The van der Waals surface area contributed by atoms with Crippen molar-refractivity contribution in [3.05, 3.63) is 42.6 Å². The number of carbonyl (C=O) groups is 1. The second-order valence-corrected chi connectivity index (χ2v) is 5.64. The van der Waals surface area contributed by atoms with E-state index in [1.54, 1.807) is 23.3 Å². The van der Waals surface area contributed by atoms with E-state index in [0.29, 0.717) is 6.54 Å². The van der Waals surface area contributed by atoms with Gasteiger partial charge in [0.2, 0.25) is 5.91 Å². The van der Waals surface area contributed by atoms with Crippen molar-refractivity contribution in [2.45, 2.75) is 31.8 Å². The third-order valence-electron chi connectivity index (χ3n) is 4.06. The summed E-state index contributed by atoms with van der Waals surface area (Å²) in [4.78, 5) is 14.4. The lowest BCUT2D eigenvalue weighted by atomic mass is 10.1. The zero-order chi connectivity index (χ0) is 15.2. The van der Waals surface area contributed by atoms with Crippen LogP contribution in [0.2, 0.25) is 0 Å². The summed E-state index contributed by atoms with van der Waals surface area (Å²) in [5, 5.41) is 7.06. The topological polar surface area (TPSA) is 63.3 Å². The van der Waals surface area contributed by atoms with Gasteiger partial charge in [0, 0.05) is 18.9 Å². The van der Waals surface area contributed by atoms with Crippen LogP contribution in [0.3, 0.4) is 0 Å². The molecule has 1 aliphatic rings. The molecule has 0 spiro atoms. The van der Waals surface area contributed by atoms with Crippen LogP contribution in [0, 0.1) is 0 Å². The van der Waals surface area contributed by atoms with Gasteiger partial charge < -0.3 is 9.73 Å². The molecule has 2 aromatic rings. The Morgan fingerprint density at radius 1 is 1.32 bits per heavy atom. The molecule has 0 aliphatic carbocycles. The van der Waals surface area contributed by atoms with Gasteiger partial charge >= 0.3 is 0 Å². The molecule has 0 saturated carbocycles. The van der Waals surface area contributed by atoms with Crippen LogP contribution < -0.4 is 5.32 Å². The number of likely N-dealkylation sites (tertiary alicyclic amines) is 1. The van der Waals surface area contributed by atoms with Gasteiger partial charge in [-0.1, -0.05) is 6.42 Å². The first-order valence-corrected chi connectivity index (χ1v) is 7.84. The minimum absolute atomic E-state index is 0.0303. The van der Waals surface area contributed by atoms with Crippen LogP contribution in [0.4, 0.5) is 0 Å². The third-order valence-corrected chi connectivity index (χ3v) is 4.06. The van der Waals surface area contributed by atoms with E-state index in [1.807, 2.05) is 18.2 Å². The van der Waals surface area contributed by atoms with E-state index in [4.69, 9.17) is 4.42 Å². The number of hydrogen-bond donors (Lipinski definition) is 1. The van der Waals surface area contributed by atoms with Crippen LogP contribution in [0.1, 0.15) is 31.1 Å². The Kier molecular flexibility index (Phi) is 4.90. The minimum atomic E-state index is -0.0303. The first kappa shape index (κ1) is 14.8. The second kappa shape index (κ2) is 7.26. The predicted molar refractivity (Wildman–Crippen MR) is 82.1 cm³/mol. The van der Waals surface area contributed by atoms with Gasteiger partial charge in [-0.15, -0.1) is 0 Å². The Bertz CT molecular complexity index is 559. The van der Waals surface area contributed by atoms with Crippen LogP contribution in [-0.2, 0) is 11.3 Å². The molecule has 118 valence electrons. The van der Waals surface area contributed by atoms with Crippen molar-refractivity contribution >= 4 is 5.91 Å². The summed E-state index contributed by atoms with van der Waals surface area (Å²) < 4.78 is 7.20. The lowest BCUT2D eigenvalue weighted by Crippen LogP contribution is -2.41. The number of nitrogens with zero attached hydrogens (tertiary/aromatic N) is 3. The monoisotopic (exact) mass is 302 g/mol. The summed E-state index contributed by atoms with van der Waals surface area (Å²) in [6.07, 6.45) is 8.85. The van der Waals surface area contributed by atoms with Crippen molar-refractivity contribution in [1.29, 1.82) is 0 Å². The molecule has 1 atom stereocenters. The summed E-state index contributed by atoms with van der Waals surface area (Å²) in [5.41, 5.74) is 0. The predicted octanol–water partition coefficient (Wildman–Crippen LogP) is 1.82. The van der Waals surface area contributed by atoms with Gasteiger partial charge in [-0.25, -0.2) is 0 Å². The van der Waals surface area contributed by atoms with Gasteiger partial charge in [0.1, 0.15) is 12.3 Å². The van der Waals surface area contributed by atoms with Crippen LogP contribution >= 0.6 is 0 Å². The number of aromatic nitrogens is 2. The molecule has 6 nitrogen and oxygen atoms in total. The molecule has 1 saturated heterocycles. The summed E-state index contributed by atoms with van der Waals surface area (Å²) in [5.74, 6) is 0.888. The highest BCUT2D eigenvalue weighted by atomic mass is 16.3. The first-order valence-electron chi connectivity index (χ1n) is 7.84. The summed E-state index contributed by atoms with van der Waals surface area (Å²) in [7, 11) is 0. The van der Waals surface area contributed by atoms with Crippen LogP contribution in [-0.4, -0.2) is 40.2 Å². The smallest absolute Gasteiger partial charge is 0.241 e. The molecule has 0 bridgehead atoms. The van der Waals surface area contributed by atoms with Crippen molar-refractivity contribution in [3.63, 3.8) is 0 Å². The van der Waals surface area contributed by atoms with Gasteiger partial charge in [-0.2, -0.15) is 5.10 Å². The Morgan fingerprint density at radius 2 is 2.18 bits per heavy atom. The van der Waals surface area contributed by atoms with Gasteiger partial charge in [0.15, 0.2) is 0 Å². The first-order chi connectivity index (χ1) is 10.8. The highest BCUT2D eigenvalue weighted by Gasteiger charge is 2.24. The fourth-order valence-electron chi connectivity index (χ4n) is 2.93. The van der Waals surface area contributed by atoms with E-state index in [2.05, 4.69) is 15.3 Å². The van der Waals surface area contributed by atoms with Gasteiger partial charge in [0.25, 0.3) is 0 Å². The molecule has 1 amide bonds. The lowest BCUT2D eigenvalue weighted by Gasteiger charge is -2.33. The Hall–Kier alpha value is -2.08. The number of rotatable bonds is 6. The Balaban J connectivity index is 1.59. The zero-order valence-electron chi connectivity index (χ0n) is 12.6. The van der Waals surface area contributed by atoms with Crippen LogP contribution in [0.5, 0.6) is 0 Å². The molecule has 1 N–H and O–H groups in total. The van der Waals surface area contributed by atoms with Crippen molar-refractivity contribution < 1.29 is 9.21 Å². The maximum atomic E-state index is 12.0. The molecule has 0 aromatic carbocycles. The largest absolute Gasteiger partial charge is 0.468 e. The molecule has 1 aliphatic heterocycles. The van der Waals surface area contributed by atoms with Gasteiger partial charge in [-0.3, -0.25) is 14.4 Å². The Morgan fingerprint density at radius 3 is 2.86 bits per heavy atom. The number of carbonyl (C=O) groups excluding carboxylic acids is 1. The molecule has 1 fully saturated rings. The standard InChI is InChI=1S/C16H22N4O2/c21-16(13-20-10-5-7-18-20)17-12-14(15-6-4-11-22-15)19-8-2-1-3-9-19/h4-7,10-11,14H,1-3,8-9,12-13H2,(H,17,21). The fourth-order valence-corrected chi connectivity index (χ4v) is 2.93. The molecular weight excluding hydrogens is 280 g/mol. The Labute approximate surface area is 130 Å². The highest BCUT2D eigenvalue weighted by Crippen LogP contribution is 2.24. The quantitative estimate of drug-likeness (QED) is 0.884. The number of furan rings is 1. The van der Waals surface area contributed by atoms with E-state index >= 15 is 0 Å². The fraction of sp³-hybridized carbons (Fsp3) is 0.500. The molecule has 1 unspecified atom stereocenters. The third kappa shape index (κ3) is 3.76. The van der Waals surface area contributed by atoms with Crippen LogP contribution in [0.15, 0.2) is 41.3 Å². The van der Waals surface area contributed by atoms with Gasteiger partial charge in [0.05, 0.1) is 12.3 Å². The van der Waals surface area contributed by atoms with E-state index in [0.717, 1.165) is 18.8 Å². The number of amides is 1. The minimum Gasteiger partial charge on any atom is -0.468 e. The molecule has 3 heterocycles. The van der Waals surface area contributed by atoms with Crippen molar-refractivity contribution in [2.75, 3.05) is 19.6 Å². The molecular formula is C16H22N4O2. The average Bonchev–Trinajstić information content (AvgIpc) is 3.22. The van der Waals surface area contributed by atoms with E-state index in [-0.39, 0.29) is 18.5 Å². The van der Waals surface area contributed by atoms with Crippen molar-refractivity contribution in [3.8, 4) is 0 Å². The molecule has 0 radical (unpaired) electrons. The lowest BCUT2D eigenvalue weighted by molar-refractivity contribution is -0.122. The normalized spacial score (nSPS) is 17.3. The average molecular weight is 302 g/mol. The van der Waals surface area contributed by atoms with E-state index in [1.165, 1.54) is 19.3 Å². The molecule has 6 heteroatoms.